The molecule has 1 fully saturated rings. The van der Waals surface area contributed by atoms with E-state index < -0.39 is 0 Å². The summed E-state index contributed by atoms with van der Waals surface area (Å²) < 4.78 is 0. The summed E-state index contributed by atoms with van der Waals surface area (Å²) in [7, 11) is 0. The van der Waals surface area contributed by atoms with Gasteiger partial charge in [-0.05, 0) is 68.9 Å². The van der Waals surface area contributed by atoms with Crippen molar-refractivity contribution in [3.05, 3.63) is 58.1 Å². The predicted octanol–water partition coefficient (Wildman–Crippen LogP) is 4.16. The predicted molar refractivity (Wildman–Crippen MR) is 104 cm³/mol. The number of anilines is 2. The van der Waals surface area contributed by atoms with Crippen LogP contribution in [0.25, 0.3) is 0 Å². The Morgan fingerprint density at radius 3 is 2.38 bits per heavy atom. The minimum Gasteiger partial charge on any atom is -0.322 e. The first-order valence-electron chi connectivity index (χ1n) is 9.27. The Labute approximate surface area is 154 Å². The highest BCUT2D eigenvalue weighted by atomic mass is 16.2. The Hall–Kier alpha value is -2.62. The van der Waals surface area contributed by atoms with Crippen molar-refractivity contribution in [1.82, 2.24) is 0 Å². The minimum absolute atomic E-state index is 0.0991. The van der Waals surface area contributed by atoms with E-state index >= 15 is 0 Å². The van der Waals surface area contributed by atoms with Gasteiger partial charge in [0.25, 0.3) is 5.91 Å². The van der Waals surface area contributed by atoms with Crippen LogP contribution in [0, 0.1) is 26.7 Å². The zero-order valence-corrected chi connectivity index (χ0v) is 15.6. The Kier molecular flexibility index (Phi) is 4.06. The highest BCUT2D eigenvalue weighted by Crippen LogP contribution is 2.37. The molecule has 1 N–H and O–H groups in total. The molecule has 1 heterocycles. The summed E-state index contributed by atoms with van der Waals surface area (Å²) in [6, 6.07) is 9.96. The molecule has 0 spiro atoms. The van der Waals surface area contributed by atoms with Gasteiger partial charge in [0.1, 0.15) is 0 Å². The number of carbonyl (C=O) groups excluding carboxylic acids is 2. The lowest BCUT2D eigenvalue weighted by molar-refractivity contribution is -0.119. The number of benzene rings is 2. The van der Waals surface area contributed by atoms with Crippen LogP contribution in [0.3, 0.4) is 0 Å². The molecule has 0 bridgehead atoms. The van der Waals surface area contributed by atoms with Crippen molar-refractivity contribution in [3.8, 4) is 0 Å². The van der Waals surface area contributed by atoms with Gasteiger partial charge < -0.3 is 10.2 Å². The van der Waals surface area contributed by atoms with Gasteiger partial charge in [-0.25, -0.2) is 0 Å². The summed E-state index contributed by atoms with van der Waals surface area (Å²) in [4.78, 5) is 27.2. The zero-order chi connectivity index (χ0) is 18.4. The highest BCUT2D eigenvalue weighted by molar-refractivity contribution is 6.07. The van der Waals surface area contributed by atoms with Crippen molar-refractivity contribution >= 4 is 23.2 Å². The van der Waals surface area contributed by atoms with Gasteiger partial charge >= 0.3 is 0 Å². The summed E-state index contributed by atoms with van der Waals surface area (Å²) in [5, 5.41) is 3.02. The molecule has 4 heteroatoms. The molecule has 0 unspecified atom stereocenters. The van der Waals surface area contributed by atoms with Gasteiger partial charge in [0.2, 0.25) is 5.91 Å². The molecule has 2 amide bonds. The quantitative estimate of drug-likeness (QED) is 0.905. The Morgan fingerprint density at radius 1 is 1.04 bits per heavy atom. The average molecular weight is 348 g/mol. The number of hydrogen-bond acceptors (Lipinski definition) is 2. The van der Waals surface area contributed by atoms with E-state index in [1.807, 2.05) is 56.0 Å². The van der Waals surface area contributed by atoms with Crippen LogP contribution < -0.4 is 10.2 Å². The van der Waals surface area contributed by atoms with Crippen molar-refractivity contribution in [3.63, 3.8) is 0 Å². The van der Waals surface area contributed by atoms with Crippen molar-refractivity contribution < 1.29 is 9.59 Å². The number of rotatable bonds is 3. The standard InChI is InChI=1S/C22H24N2O2/c1-13-10-14(2)20(15(3)11-13)21(25)23-18-7-6-16-8-9-24(19(16)12-18)22(26)17-4-5-17/h6-7,10-12,17H,4-5,8-9H2,1-3H3,(H,23,25). The molecule has 134 valence electrons. The van der Waals surface area contributed by atoms with Crippen LogP contribution in [0.1, 0.15) is 45.5 Å². The first kappa shape index (κ1) is 16.8. The maximum Gasteiger partial charge on any atom is 0.256 e. The van der Waals surface area contributed by atoms with Crippen molar-refractivity contribution in [2.24, 2.45) is 5.92 Å². The third-order valence-electron chi connectivity index (χ3n) is 5.34. The monoisotopic (exact) mass is 348 g/mol. The summed E-state index contributed by atoms with van der Waals surface area (Å²) in [5.74, 6) is 0.340. The van der Waals surface area contributed by atoms with Crippen LogP contribution in [0.5, 0.6) is 0 Å². The molecular weight excluding hydrogens is 324 g/mol. The smallest absolute Gasteiger partial charge is 0.256 e. The molecule has 4 nitrogen and oxygen atoms in total. The minimum atomic E-state index is -0.0991. The third-order valence-corrected chi connectivity index (χ3v) is 5.34. The van der Waals surface area contributed by atoms with Crippen LogP contribution in [0.4, 0.5) is 11.4 Å². The number of nitrogens with zero attached hydrogens (tertiary/aromatic N) is 1. The van der Waals surface area contributed by atoms with Crippen molar-refractivity contribution in [1.29, 1.82) is 0 Å². The van der Waals surface area contributed by atoms with E-state index in [1.165, 1.54) is 5.56 Å². The van der Waals surface area contributed by atoms with E-state index in [0.717, 1.165) is 59.4 Å². The molecule has 0 radical (unpaired) electrons. The van der Waals surface area contributed by atoms with E-state index in [1.54, 1.807) is 0 Å². The fourth-order valence-corrected chi connectivity index (χ4v) is 3.97. The first-order valence-corrected chi connectivity index (χ1v) is 9.27. The van der Waals surface area contributed by atoms with Gasteiger partial charge in [-0.1, -0.05) is 23.8 Å². The summed E-state index contributed by atoms with van der Waals surface area (Å²) in [6.45, 7) is 6.72. The molecule has 2 aromatic rings. The Morgan fingerprint density at radius 2 is 1.73 bits per heavy atom. The number of carbonyl (C=O) groups is 2. The SMILES string of the molecule is Cc1cc(C)c(C(=O)Nc2ccc3c(c2)N(C(=O)C2CC2)CC3)c(C)c1. The van der Waals surface area contributed by atoms with Gasteiger partial charge in [0, 0.05) is 29.4 Å². The van der Waals surface area contributed by atoms with Crippen LogP contribution in [0.15, 0.2) is 30.3 Å². The molecule has 1 aliphatic carbocycles. The van der Waals surface area contributed by atoms with E-state index in [4.69, 9.17) is 0 Å². The van der Waals surface area contributed by atoms with Crippen molar-refractivity contribution in [2.45, 2.75) is 40.0 Å². The second-order valence-electron chi connectivity index (χ2n) is 7.59. The number of amides is 2. The Balaban J connectivity index is 1.59. The summed E-state index contributed by atoms with van der Waals surface area (Å²) in [5.41, 5.74) is 6.71. The van der Waals surface area contributed by atoms with E-state index in [-0.39, 0.29) is 17.7 Å². The fraction of sp³-hybridized carbons (Fsp3) is 0.364. The maximum atomic E-state index is 12.8. The van der Waals surface area contributed by atoms with E-state index in [0.29, 0.717) is 0 Å². The molecule has 0 atom stereocenters. The zero-order valence-electron chi connectivity index (χ0n) is 15.6. The molecule has 4 rings (SSSR count). The molecule has 0 saturated heterocycles. The van der Waals surface area contributed by atoms with E-state index in [2.05, 4.69) is 5.32 Å². The summed E-state index contributed by atoms with van der Waals surface area (Å²) >= 11 is 0. The van der Waals surface area contributed by atoms with Crippen molar-refractivity contribution in [2.75, 3.05) is 16.8 Å². The molecule has 2 aromatic carbocycles. The maximum absolute atomic E-state index is 12.8. The lowest BCUT2D eigenvalue weighted by atomic mass is 9.99. The lowest BCUT2D eigenvalue weighted by Crippen LogP contribution is -2.30. The van der Waals surface area contributed by atoms with Gasteiger partial charge in [-0.2, -0.15) is 0 Å². The van der Waals surface area contributed by atoms with Crippen LogP contribution in [0.2, 0.25) is 0 Å². The highest BCUT2D eigenvalue weighted by Gasteiger charge is 2.36. The second kappa shape index (κ2) is 6.27. The second-order valence-corrected chi connectivity index (χ2v) is 7.59. The largest absolute Gasteiger partial charge is 0.322 e. The molecule has 1 aliphatic heterocycles. The van der Waals surface area contributed by atoms with E-state index in [9.17, 15) is 9.59 Å². The van der Waals surface area contributed by atoms with Crippen LogP contribution >= 0.6 is 0 Å². The number of aryl methyl sites for hydroxylation is 3. The fourth-order valence-electron chi connectivity index (χ4n) is 3.97. The number of fused-ring (bicyclic) bond motifs is 1. The van der Waals surface area contributed by atoms with Gasteiger partial charge in [-0.3, -0.25) is 9.59 Å². The summed E-state index contributed by atoms with van der Waals surface area (Å²) in [6.07, 6.45) is 2.90. The lowest BCUT2D eigenvalue weighted by Gasteiger charge is -2.18. The Bertz CT molecular complexity index is 889. The topological polar surface area (TPSA) is 49.4 Å². The third kappa shape index (κ3) is 3.00. The van der Waals surface area contributed by atoms with Crippen LogP contribution in [-0.4, -0.2) is 18.4 Å². The van der Waals surface area contributed by atoms with Gasteiger partial charge in [-0.15, -0.1) is 0 Å². The van der Waals surface area contributed by atoms with Gasteiger partial charge in [0.05, 0.1) is 0 Å². The number of hydrogen-bond donors (Lipinski definition) is 1. The first-order chi connectivity index (χ1) is 12.4. The molecule has 0 aromatic heterocycles. The molecular formula is C22H24N2O2. The number of nitrogens with one attached hydrogen (secondary N) is 1. The average Bonchev–Trinajstić information content (AvgIpc) is 3.33. The normalized spacial score (nSPS) is 15.7. The molecule has 1 saturated carbocycles. The van der Waals surface area contributed by atoms with Crippen LogP contribution in [-0.2, 0) is 11.2 Å². The van der Waals surface area contributed by atoms with Gasteiger partial charge in [0.15, 0.2) is 0 Å². The molecule has 2 aliphatic rings. The molecule has 26 heavy (non-hydrogen) atoms.